The van der Waals surface area contributed by atoms with E-state index in [4.69, 9.17) is 13.9 Å². The van der Waals surface area contributed by atoms with Crippen molar-refractivity contribution in [2.24, 2.45) is 4.99 Å². The van der Waals surface area contributed by atoms with Crippen LogP contribution >= 0.6 is 24.0 Å². The van der Waals surface area contributed by atoms with Gasteiger partial charge in [-0.3, -0.25) is 0 Å². The second kappa shape index (κ2) is 13.3. The van der Waals surface area contributed by atoms with E-state index in [0.717, 1.165) is 54.7 Å². The quantitative estimate of drug-likeness (QED) is 0.302. The molecule has 0 saturated heterocycles. The number of furan rings is 1. The molecule has 1 heterocycles. The van der Waals surface area contributed by atoms with Crippen LogP contribution in [0.15, 0.2) is 46.0 Å². The lowest BCUT2D eigenvalue weighted by Gasteiger charge is -2.12. The molecule has 0 unspecified atom stereocenters. The van der Waals surface area contributed by atoms with Gasteiger partial charge in [0.1, 0.15) is 5.76 Å². The van der Waals surface area contributed by atoms with Gasteiger partial charge in [-0.25, -0.2) is 4.99 Å². The van der Waals surface area contributed by atoms with E-state index < -0.39 is 0 Å². The van der Waals surface area contributed by atoms with Crippen molar-refractivity contribution in [2.45, 2.75) is 33.2 Å². The summed E-state index contributed by atoms with van der Waals surface area (Å²) in [5, 5.41) is 6.57. The Balaban J connectivity index is 0.00000364. The summed E-state index contributed by atoms with van der Waals surface area (Å²) in [7, 11) is 1.65. The molecule has 0 spiro atoms. The van der Waals surface area contributed by atoms with Crippen LogP contribution in [0.5, 0.6) is 11.5 Å². The molecule has 2 rings (SSSR count). The molecule has 0 bridgehead atoms. The van der Waals surface area contributed by atoms with Gasteiger partial charge < -0.3 is 24.5 Å². The Morgan fingerprint density at radius 2 is 2.00 bits per heavy atom. The first-order chi connectivity index (χ1) is 12.8. The number of ether oxygens (including phenoxy) is 2. The predicted molar refractivity (Wildman–Crippen MR) is 119 cm³/mol. The third kappa shape index (κ3) is 8.11. The molecule has 1 aromatic heterocycles. The number of benzene rings is 1. The van der Waals surface area contributed by atoms with Crippen molar-refractivity contribution in [1.82, 2.24) is 10.6 Å². The summed E-state index contributed by atoms with van der Waals surface area (Å²) < 4.78 is 16.5. The topological polar surface area (TPSA) is 68.0 Å². The monoisotopic (exact) mass is 487 g/mol. The Kier molecular flexibility index (Phi) is 11.4. The normalized spacial score (nSPS) is 10.9. The Morgan fingerprint density at radius 3 is 2.67 bits per heavy atom. The zero-order valence-electron chi connectivity index (χ0n) is 16.3. The fourth-order valence-corrected chi connectivity index (χ4v) is 2.41. The van der Waals surface area contributed by atoms with E-state index in [1.165, 1.54) is 0 Å². The molecule has 0 radical (unpaired) electrons. The molecule has 27 heavy (non-hydrogen) atoms. The van der Waals surface area contributed by atoms with Crippen molar-refractivity contribution in [3.8, 4) is 11.5 Å². The summed E-state index contributed by atoms with van der Waals surface area (Å²) >= 11 is 0. The number of guanidine groups is 1. The smallest absolute Gasteiger partial charge is 0.191 e. The largest absolute Gasteiger partial charge is 0.493 e. The fraction of sp³-hybridized carbons (Fsp3) is 0.450. The van der Waals surface area contributed by atoms with Gasteiger partial charge in [-0.15, -0.1) is 24.0 Å². The van der Waals surface area contributed by atoms with Crippen molar-refractivity contribution < 1.29 is 13.9 Å². The highest BCUT2D eigenvalue weighted by Crippen LogP contribution is 2.28. The highest BCUT2D eigenvalue weighted by atomic mass is 127. The predicted octanol–water partition coefficient (Wildman–Crippen LogP) is 3.99. The van der Waals surface area contributed by atoms with Crippen LogP contribution in [0.3, 0.4) is 0 Å². The molecule has 0 amide bonds. The van der Waals surface area contributed by atoms with Crippen molar-refractivity contribution in [2.75, 3.05) is 26.8 Å². The van der Waals surface area contributed by atoms with Gasteiger partial charge >= 0.3 is 0 Å². The Labute approximate surface area is 178 Å². The lowest BCUT2D eigenvalue weighted by molar-refractivity contribution is 0.294. The van der Waals surface area contributed by atoms with Crippen molar-refractivity contribution in [1.29, 1.82) is 0 Å². The van der Waals surface area contributed by atoms with Crippen LogP contribution in [0.25, 0.3) is 0 Å². The van der Waals surface area contributed by atoms with E-state index in [2.05, 4.69) is 22.5 Å². The zero-order chi connectivity index (χ0) is 18.6. The number of nitrogens with one attached hydrogen (secondary N) is 2. The van der Waals surface area contributed by atoms with Gasteiger partial charge in [0.15, 0.2) is 17.5 Å². The van der Waals surface area contributed by atoms with Crippen LogP contribution in [0.2, 0.25) is 0 Å². The van der Waals surface area contributed by atoms with Gasteiger partial charge in [-0.2, -0.15) is 0 Å². The number of hydrogen-bond donors (Lipinski definition) is 2. The molecule has 6 nitrogen and oxygen atoms in total. The molecule has 0 atom stereocenters. The molecule has 0 aliphatic rings. The van der Waals surface area contributed by atoms with Crippen LogP contribution in [0.1, 0.15) is 31.6 Å². The average Bonchev–Trinajstić information content (AvgIpc) is 3.18. The molecular weight excluding hydrogens is 457 g/mol. The minimum Gasteiger partial charge on any atom is -0.493 e. The molecule has 2 N–H and O–H groups in total. The van der Waals surface area contributed by atoms with E-state index in [1.807, 2.05) is 37.3 Å². The number of aliphatic imine (C=N–C) groups is 1. The van der Waals surface area contributed by atoms with Crippen LogP contribution < -0.4 is 20.1 Å². The standard InChI is InChI=1S/C20H29N3O3.HI/c1-4-12-26-18-9-8-16(14-19(18)24-3)15-23-20(21-5-2)22-11-10-17-7-6-13-25-17;/h6-9,13-14H,4-5,10-12,15H2,1-3H3,(H2,21,22,23);1H. The third-order valence-electron chi connectivity index (χ3n) is 3.70. The number of nitrogens with zero attached hydrogens (tertiary/aromatic N) is 1. The molecule has 1 aromatic carbocycles. The summed E-state index contributed by atoms with van der Waals surface area (Å²) in [6.07, 6.45) is 3.47. The minimum absolute atomic E-state index is 0. The first-order valence-electron chi connectivity index (χ1n) is 9.11. The van der Waals surface area contributed by atoms with Gasteiger partial charge in [0, 0.05) is 19.5 Å². The van der Waals surface area contributed by atoms with Crippen molar-refractivity contribution in [3.05, 3.63) is 47.9 Å². The van der Waals surface area contributed by atoms with E-state index in [0.29, 0.717) is 13.2 Å². The highest BCUT2D eigenvalue weighted by molar-refractivity contribution is 14.0. The van der Waals surface area contributed by atoms with E-state index in [-0.39, 0.29) is 24.0 Å². The summed E-state index contributed by atoms with van der Waals surface area (Å²) in [5.41, 5.74) is 1.06. The second-order valence-corrected chi connectivity index (χ2v) is 5.78. The SMILES string of the molecule is CCCOc1ccc(CN=C(NCC)NCCc2ccco2)cc1OC.I. The second-order valence-electron chi connectivity index (χ2n) is 5.78. The Morgan fingerprint density at radius 1 is 1.15 bits per heavy atom. The molecule has 2 aromatic rings. The number of hydrogen-bond acceptors (Lipinski definition) is 4. The maximum Gasteiger partial charge on any atom is 0.191 e. The first-order valence-corrected chi connectivity index (χ1v) is 9.11. The summed E-state index contributed by atoms with van der Waals surface area (Å²) in [6.45, 7) is 6.92. The van der Waals surface area contributed by atoms with E-state index >= 15 is 0 Å². The fourth-order valence-electron chi connectivity index (χ4n) is 2.41. The summed E-state index contributed by atoms with van der Waals surface area (Å²) in [4.78, 5) is 4.64. The van der Waals surface area contributed by atoms with Gasteiger partial charge in [0.2, 0.25) is 0 Å². The lowest BCUT2D eigenvalue weighted by Crippen LogP contribution is -2.38. The Hall–Kier alpha value is -1.90. The molecule has 150 valence electrons. The van der Waals surface area contributed by atoms with Crippen LogP contribution in [-0.4, -0.2) is 32.8 Å². The van der Waals surface area contributed by atoms with Gasteiger partial charge in [-0.05, 0) is 43.2 Å². The molecule has 0 fully saturated rings. The lowest BCUT2D eigenvalue weighted by atomic mass is 10.2. The van der Waals surface area contributed by atoms with Gasteiger partial charge in [-0.1, -0.05) is 13.0 Å². The number of methoxy groups -OCH3 is 1. The minimum atomic E-state index is 0. The van der Waals surface area contributed by atoms with Crippen molar-refractivity contribution in [3.63, 3.8) is 0 Å². The third-order valence-corrected chi connectivity index (χ3v) is 3.70. The molecule has 0 saturated carbocycles. The Bertz CT molecular complexity index is 675. The molecule has 7 heteroatoms. The van der Waals surface area contributed by atoms with E-state index in [1.54, 1.807) is 13.4 Å². The maximum atomic E-state index is 5.69. The summed E-state index contributed by atoms with van der Waals surface area (Å²) in [5.74, 6) is 3.25. The van der Waals surface area contributed by atoms with Gasteiger partial charge in [0.05, 0.1) is 26.5 Å². The average molecular weight is 487 g/mol. The molecular formula is C20H30IN3O3. The van der Waals surface area contributed by atoms with Crippen LogP contribution in [0.4, 0.5) is 0 Å². The summed E-state index contributed by atoms with van der Waals surface area (Å²) in [6, 6.07) is 9.80. The number of halogens is 1. The maximum absolute atomic E-state index is 5.69. The van der Waals surface area contributed by atoms with Crippen LogP contribution in [0, 0.1) is 0 Å². The van der Waals surface area contributed by atoms with E-state index in [9.17, 15) is 0 Å². The number of rotatable bonds is 10. The molecule has 0 aliphatic heterocycles. The van der Waals surface area contributed by atoms with Gasteiger partial charge in [0.25, 0.3) is 0 Å². The van der Waals surface area contributed by atoms with Crippen molar-refractivity contribution >= 4 is 29.9 Å². The highest BCUT2D eigenvalue weighted by Gasteiger charge is 2.06. The zero-order valence-corrected chi connectivity index (χ0v) is 18.6. The molecule has 0 aliphatic carbocycles. The first kappa shape index (κ1) is 23.1. The van der Waals surface area contributed by atoms with Crippen LogP contribution in [-0.2, 0) is 13.0 Å².